The number of aromatic nitrogens is 3. The smallest absolute Gasteiger partial charge is 0.410 e. The van der Waals surface area contributed by atoms with Crippen LogP contribution in [0.3, 0.4) is 0 Å². The van der Waals surface area contributed by atoms with E-state index in [1.54, 1.807) is 6.92 Å². The lowest BCUT2D eigenvalue weighted by Gasteiger charge is -2.41. The molecule has 1 amide bonds. The number of thiophene rings is 1. The third-order valence-corrected chi connectivity index (χ3v) is 12.0. The van der Waals surface area contributed by atoms with Crippen molar-refractivity contribution in [1.29, 1.82) is 10.7 Å². The molecule has 0 saturated carbocycles. The van der Waals surface area contributed by atoms with Crippen molar-refractivity contribution in [1.82, 2.24) is 30.2 Å². The molecule has 5 aliphatic rings. The Balaban J connectivity index is 1.12. The second kappa shape index (κ2) is 13.0. The standard InChI is InChI=1S/C34H45FN10O5S/c1-32(2,3)49-31(47)45-20-8-9-21(45)17-43(16-20)29-39-27(40-30(41-29)48-18-34-11-6-12-44(34)15-19(35)13-34)25(37)42-50-28(46)33(4)10-5-7-23-24(33)22(14-36)26(38)51-23/h19-21H,5-13,15-18,38H2,1-4H3,(H2,37,42)/t19-,20-,21+,33+,34+/m1/s1. The predicted octanol–water partition coefficient (Wildman–Crippen LogP) is 3.60. The largest absolute Gasteiger partial charge is 0.461 e. The first-order valence-electron chi connectivity index (χ1n) is 17.6. The number of hydrogen-bond acceptors (Lipinski definition) is 14. The molecule has 1 aliphatic carbocycles. The summed E-state index contributed by atoms with van der Waals surface area (Å²) in [4.78, 5) is 52.7. The third kappa shape index (κ3) is 6.52. The maximum atomic E-state index is 14.5. The highest BCUT2D eigenvalue weighted by atomic mass is 32.1. The number of nitrogens with zero attached hydrogens (tertiary/aromatic N) is 7. The summed E-state index contributed by atoms with van der Waals surface area (Å²) >= 11 is 1.31. The van der Waals surface area contributed by atoms with Crippen LogP contribution in [0.15, 0.2) is 0 Å². The molecule has 0 radical (unpaired) electrons. The first-order valence-corrected chi connectivity index (χ1v) is 18.4. The van der Waals surface area contributed by atoms with E-state index in [1.807, 2.05) is 30.6 Å². The van der Waals surface area contributed by atoms with Crippen molar-refractivity contribution in [2.45, 2.75) is 114 Å². The number of alkyl halides is 1. The number of nitriles is 1. The Morgan fingerprint density at radius 2 is 1.90 bits per heavy atom. The SMILES string of the molecule is CC(C)(C)OC(=O)N1[C@@H]2CC[C@H]1CN(c1nc(OC[C@@]34CCCN3C[C@H](F)C4)nc(C(=N)NOC(=O)[C@@]3(C)CCCc4sc(N)c(C#N)c43)n1)C2. The lowest BCUT2D eigenvalue weighted by molar-refractivity contribution is -0.155. The zero-order valence-corrected chi connectivity index (χ0v) is 30.3. The van der Waals surface area contributed by atoms with Crippen LogP contribution in [0.1, 0.15) is 94.5 Å². The summed E-state index contributed by atoms with van der Waals surface area (Å²) in [6, 6.07) is 1.86. The molecule has 6 heterocycles. The van der Waals surface area contributed by atoms with Crippen LogP contribution in [0.5, 0.6) is 6.01 Å². The number of nitrogen functional groups attached to an aromatic ring is 1. The fourth-order valence-corrected chi connectivity index (χ4v) is 9.74. The van der Waals surface area contributed by atoms with E-state index in [2.05, 4.69) is 31.4 Å². The van der Waals surface area contributed by atoms with E-state index in [-0.39, 0.29) is 48.1 Å². The second-order valence-corrected chi connectivity index (χ2v) is 16.7. The summed E-state index contributed by atoms with van der Waals surface area (Å²) in [5.41, 5.74) is 7.20. The first kappa shape index (κ1) is 35.1. The molecule has 17 heteroatoms. The molecule has 0 spiro atoms. The van der Waals surface area contributed by atoms with Gasteiger partial charge in [0, 0.05) is 36.5 Å². The van der Waals surface area contributed by atoms with Gasteiger partial charge >= 0.3 is 18.1 Å². The van der Waals surface area contributed by atoms with E-state index in [1.165, 1.54) is 11.3 Å². The van der Waals surface area contributed by atoms with Gasteiger partial charge in [-0.15, -0.1) is 11.3 Å². The van der Waals surface area contributed by atoms with Gasteiger partial charge in [-0.05, 0) is 79.2 Å². The van der Waals surface area contributed by atoms with Gasteiger partial charge < -0.3 is 24.9 Å². The van der Waals surface area contributed by atoms with Crippen LogP contribution >= 0.6 is 11.3 Å². The minimum Gasteiger partial charge on any atom is -0.461 e. The van der Waals surface area contributed by atoms with E-state index >= 15 is 0 Å². The van der Waals surface area contributed by atoms with Crippen LogP contribution in [0, 0.1) is 16.7 Å². The van der Waals surface area contributed by atoms with Crippen molar-refractivity contribution < 1.29 is 28.3 Å². The number of amidine groups is 1. The van der Waals surface area contributed by atoms with E-state index in [0.717, 1.165) is 37.1 Å². The van der Waals surface area contributed by atoms with E-state index in [4.69, 9.17) is 25.5 Å². The zero-order valence-electron chi connectivity index (χ0n) is 29.5. The zero-order chi connectivity index (χ0) is 36.3. The molecule has 274 valence electrons. The molecule has 2 aromatic rings. The second-order valence-electron chi connectivity index (χ2n) is 15.6. The number of hydroxylamine groups is 1. The average molecular weight is 725 g/mol. The maximum Gasteiger partial charge on any atom is 0.410 e. The highest BCUT2D eigenvalue weighted by Gasteiger charge is 2.50. The average Bonchev–Trinajstić information content (AvgIpc) is 3.79. The number of carbonyl (C=O) groups excluding carboxylic acids is 2. The van der Waals surface area contributed by atoms with Gasteiger partial charge in [0.2, 0.25) is 11.8 Å². The number of amides is 1. The molecule has 4 N–H and O–H groups in total. The fraction of sp³-hybridized carbons (Fsp3) is 0.676. The summed E-state index contributed by atoms with van der Waals surface area (Å²) in [5, 5.41) is 19.0. The summed E-state index contributed by atoms with van der Waals surface area (Å²) < 4.78 is 26.4. The first-order chi connectivity index (χ1) is 24.2. The normalized spacial score (nSPS) is 28.5. The van der Waals surface area contributed by atoms with E-state index < -0.39 is 34.5 Å². The van der Waals surface area contributed by atoms with Crippen molar-refractivity contribution in [2.24, 2.45) is 0 Å². The number of rotatable bonds is 6. The Morgan fingerprint density at radius 1 is 1.16 bits per heavy atom. The highest BCUT2D eigenvalue weighted by molar-refractivity contribution is 7.16. The number of halogens is 1. The van der Waals surface area contributed by atoms with Gasteiger partial charge in [0.25, 0.3) is 0 Å². The molecule has 2 bridgehead atoms. The van der Waals surface area contributed by atoms with Gasteiger partial charge in [-0.3, -0.25) is 15.2 Å². The molecule has 51 heavy (non-hydrogen) atoms. The Labute approximate surface area is 300 Å². The van der Waals surface area contributed by atoms with Crippen molar-refractivity contribution in [3.8, 4) is 12.1 Å². The van der Waals surface area contributed by atoms with Crippen molar-refractivity contribution >= 4 is 40.2 Å². The van der Waals surface area contributed by atoms with Gasteiger partial charge in [0.1, 0.15) is 29.4 Å². The lowest BCUT2D eigenvalue weighted by atomic mass is 9.72. The van der Waals surface area contributed by atoms with Crippen LogP contribution in [0.2, 0.25) is 0 Å². The van der Waals surface area contributed by atoms with Crippen LogP contribution in [0.25, 0.3) is 0 Å². The molecule has 4 aliphatic heterocycles. The van der Waals surface area contributed by atoms with Crippen LogP contribution in [0.4, 0.5) is 20.1 Å². The summed E-state index contributed by atoms with van der Waals surface area (Å²) in [6.45, 7) is 9.46. The van der Waals surface area contributed by atoms with Gasteiger partial charge in [-0.2, -0.15) is 25.7 Å². The Kier molecular flexibility index (Phi) is 8.98. The molecule has 2 aromatic heterocycles. The molecular formula is C34H45FN10O5S. The molecule has 7 rings (SSSR count). The minimum atomic E-state index is -1.15. The molecule has 4 fully saturated rings. The Bertz CT molecular complexity index is 1760. The Morgan fingerprint density at radius 3 is 2.61 bits per heavy atom. The minimum absolute atomic E-state index is 0.0328. The quantitative estimate of drug-likeness (QED) is 0.222. The monoisotopic (exact) mass is 724 g/mol. The van der Waals surface area contributed by atoms with Crippen molar-refractivity contribution in [2.75, 3.05) is 43.4 Å². The number of nitrogens with one attached hydrogen (secondary N) is 2. The maximum absolute atomic E-state index is 14.5. The van der Waals surface area contributed by atoms with Gasteiger partial charge in [-0.25, -0.2) is 14.0 Å². The van der Waals surface area contributed by atoms with Gasteiger partial charge in [0.15, 0.2) is 5.84 Å². The number of hydrogen-bond donors (Lipinski definition) is 3. The molecular weight excluding hydrogens is 680 g/mol. The van der Waals surface area contributed by atoms with Crippen LogP contribution in [-0.4, -0.2) is 105 Å². The lowest BCUT2D eigenvalue weighted by Crippen LogP contribution is -2.57. The number of anilines is 2. The van der Waals surface area contributed by atoms with Crippen molar-refractivity contribution in [3.63, 3.8) is 0 Å². The van der Waals surface area contributed by atoms with Gasteiger partial charge in [-0.1, -0.05) is 0 Å². The number of piperazine rings is 1. The summed E-state index contributed by atoms with van der Waals surface area (Å²) in [7, 11) is 0. The fourth-order valence-electron chi connectivity index (χ4n) is 8.55. The van der Waals surface area contributed by atoms with Crippen LogP contribution < -0.4 is 20.9 Å². The molecule has 4 saturated heterocycles. The number of ether oxygens (including phenoxy) is 2. The third-order valence-electron chi connectivity index (χ3n) is 10.9. The van der Waals surface area contributed by atoms with Crippen LogP contribution in [-0.2, 0) is 26.2 Å². The number of aryl methyl sites for hydroxylation is 1. The van der Waals surface area contributed by atoms with E-state index in [9.17, 15) is 19.2 Å². The highest BCUT2D eigenvalue weighted by Crippen LogP contribution is 2.46. The molecule has 0 aromatic carbocycles. The summed E-state index contributed by atoms with van der Waals surface area (Å²) in [5.74, 6) is -0.930. The number of carbonyl (C=O) groups is 2. The molecule has 5 atom stereocenters. The predicted molar refractivity (Wildman–Crippen MR) is 185 cm³/mol. The topological polar surface area (TPSA) is 196 Å². The Hall–Kier alpha value is -4.30. The van der Waals surface area contributed by atoms with E-state index in [0.29, 0.717) is 55.9 Å². The molecule has 15 nitrogen and oxygen atoms in total. The molecule has 0 unspecified atom stereocenters. The summed E-state index contributed by atoms with van der Waals surface area (Å²) in [6.07, 6.45) is 4.29. The van der Waals surface area contributed by atoms with Crippen molar-refractivity contribution in [3.05, 3.63) is 21.8 Å². The van der Waals surface area contributed by atoms with Gasteiger partial charge in [0.05, 0.1) is 28.6 Å². The number of nitrogens with two attached hydrogens (primary N) is 1. The number of fused-ring (bicyclic) bond motifs is 4.